The van der Waals surface area contributed by atoms with Gasteiger partial charge in [0, 0.05) is 17.7 Å². The van der Waals surface area contributed by atoms with Gasteiger partial charge in [0.2, 0.25) is 5.90 Å². The van der Waals surface area contributed by atoms with E-state index < -0.39 is 10.9 Å². The predicted octanol–water partition coefficient (Wildman–Crippen LogP) is 2.88. The Morgan fingerprint density at radius 3 is 2.69 bits per heavy atom. The molecule has 0 bridgehead atoms. The highest BCUT2D eigenvalue weighted by Gasteiger charge is 2.25. The lowest BCUT2D eigenvalue weighted by Gasteiger charge is -1.98. The fourth-order valence-electron chi connectivity index (χ4n) is 2.47. The standard InChI is InChI=1S/C18H10N4O4/c23-18-16(9-12-10-19-14-6-1-2-7-15(14)20-12)21-17(26-18)11-4-3-5-13(8-11)22(24)25/h1-10H/b16-9-. The van der Waals surface area contributed by atoms with Crippen LogP contribution in [0, 0.1) is 10.1 Å². The van der Waals surface area contributed by atoms with E-state index >= 15 is 0 Å². The van der Waals surface area contributed by atoms with Gasteiger partial charge in [0.05, 0.1) is 27.8 Å². The summed E-state index contributed by atoms with van der Waals surface area (Å²) in [6.45, 7) is 0. The van der Waals surface area contributed by atoms with Crippen molar-refractivity contribution in [1.29, 1.82) is 0 Å². The van der Waals surface area contributed by atoms with E-state index in [9.17, 15) is 14.9 Å². The number of ether oxygens (including phenoxy) is 1. The van der Waals surface area contributed by atoms with Crippen LogP contribution in [0.4, 0.5) is 5.69 Å². The van der Waals surface area contributed by atoms with Gasteiger partial charge in [-0.3, -0.25) is 15.1 Å². The third kappa shape index (κ3) is 2.91. The number of benzene rings is 2. The minimum absolute atomic E-state index is 0.0127. The summed E-state index contributed by atoms with van der Waals surface area (Å²) in [5.41, 5.74) is 2.18. The Hall–Kier alpha value is -3.94. The summed E-state index contributed by atoms with van der Waals surface area (Å²) < 4.78 is 5.13. The zero-order valence-corrected chi connectivity index (χ0v) is 13.2. The van der Waals surface area contributed by atoms with Crippen LogP contribution in [0.1, 0.15) is 11.3 Å². The number of cyclic esters (lactones) is 1. The average molecular weight is 346 g/mol. The topological polar surface area (TPSA) is 108 Å². The maximum atomic E-state index is 12.1. The van der Waals surface area contributed by atoms with E-state index in [1.807, 2.05) is 24.3 Å². The van der Waals surface area contributed by atoms with Gasteiger partial charge in [-0.2, -0.15) is 0 Å². The van der Waals surface area contributed by atoms with Crippen LogP contribution < -0.4 is 0 Å². The van der Waals surface area contributed by atoms with E-state index in [-0.39, 0.29) is 17.3 Å². The van der Waals surface area contributed by atoms with Crippen molar-refractivity contribution in [2.75, 3.05) is 0 Å². The molecule has 26 heavy (non-hydrogen) atoms. The van der Waals surface area contributed by atoms with Gasteiger partial charge in [0.25, 0.3) is 5.69 Å². The van der Waals surface area contributed by atoms with Gasteiger partial charge in [-0.05, 0) is 24.3 Å². The van der Waals surface area contributed by atoms with Gasteiger partial charge >= 0.3 is 5.97 Å². The van der Waals surface area contributed by atoms with E-state index in [1.54, 1.807) is 6.07 Å². The molecule has 0 fully saturated rings. The number of rotatable bonds is 3. The molecule has 0 saturated carbocycles. The number of carbonyl (C=O) groups is 1. The quantitative estimate of drug-likeness (QED) is 0.312. The molecule has 0 N–H and O–H groups in total. The molecule has 0 amide bonds. The van der Waals surface area contributed by atoms with Crippen molar-refractivity contribution in [2.45, 2.75) is 0 Å². The molecule has 8 nitrogen and oxygen atoms in total. The molecule has 0 saturated heterocycles. The Balaban J connectivity index is 1.70. The molecule has 126 valence electrons. The van der Waals surface area contributed by atoms with Gasteiger partial charge < -0.3 is 4.74 Å². The van der Waals surface area contributed by atoms with E-state index in [0.29, 0.717) is 16.8 Å². The van der Waals surface area contributed by atoms with Crippen molar-refractivity contribution in [3.63, 3.8) is 0 Å². The van der Waals surface area contributed by atoms with Gasteiger partial charge in [-0.25, -0.2) is 14.8 Å². The number of hydrogen-bond donors (Lipinski definition) is 0. The molecule has 2 heterocycles. The molecule has 1 aliphatic heterocycles. The highest BCUT2D eigenvalue weighted by atomic mass is 16.6. The van der Waals surface area contributed by atoms with Crippen LogP contribution in [-0.4, -0.2) is 26.8 Å². The highest BCUT2D eigenvalue weighted by molar-refractivity contribution is 6.13. The first-order valence-electron chi connectivity index (χ1n) is 7.59. The zero-order chi connectivity index (χ0) is 18.1. The molecule has 1 aromatic heterocycles. The number of non-ortho nitro benzene ring substituents is 1. The van der Waals surface area contributed by atoms with Crippen LogP contribution in [0.3, 0.4) is 0 Å². The first-order valence-corrected chi connectivity index (χ1v) is 7.59. The number of nitro groups is 1. The van der Waals surface area contributed by atoms with E-state index in [1.165, 1.54) is 30.5 Å². The summed E-state index contributed by atoms with van der Waals surface area (Å²) in [4.78, 5) is 35.2. The molecule has 1 aliphatic rings. The fourth-order valence-corrected chi connectivity index (χ4v) is 2.47. The summed E-state index contributed by atoms with van der Waals surface area (Å²) in [6.07, 6.45) is 3.00. The van der Waals surface area contributed by atoms with Crippen molar-refractivity contribution >= 4 is 34.7 Å². The van der Waals surface area contributed by atoms with Crippen molar-refractivity contribution in [3.8, 4) is 0 Å². The van der Waals surface area contributed by atoms with Crippen molar-refractivity contribution < 1.29 is 14.5 Å². The van der Waals surface area contributed by atoms with Gasteiger partial charge in [0.15, 0.2) is 5.70 Å². The van der Waals surface area contributed by atoms with Crippen LogP contribution in [0.25, 0.3) is 17.1 Å². The second kappa shape index (κ2) is 6.17. The van der Waals surface area contributed by atoms with Crippen LogP contribution in [0.15, 0.2) is 65.4 Å². The number of para-hydroxylation sites is 2. The number of esters is 1. The normalized spacial score (nSPS) is 15.2. The van der Waals surface area contributed by atoms with Gasteiger partial charge in [-0.15, -0.1) is 0 Å². The van der Waals surface area contributed by atoms with Crippen molar-refractivity contribution in [2.24, 2.45) is 4.99 Å². The summed E-state index contributed by atoms with van der Waals surface area (Å²) >= 11 is 0. The molecule has 0 spiro atoms. The van der Waals surface area contributed by atoms with Crippen LogP contribution in [0.2, 0.25) is 0 Å². The molecular weight excluding hydrogens is 336 g/mol. The van der Waals surface area contributed by atoms with Crippen LogP contribution >= 0.6 is 0 Å². The van der Waals surface area contributed by atoms with Crippen molar-refractivity contribution in [3.05, 3.63) is 81.8 Å². The molecule has 0 radical (unpaired) electrons. The second-order valence-corrected chi connectivity index (χ2v) is 5.43. The van der Waals surface area contributed by atoms with Gasteiger partial charge in [-0.1, -0.05) is 18.2 Å². The van der Waals surface area contributed by atoms with Gasteiger partial charge in [0.1, 0.15) is 0 Å². The zero-order valence-electron chi connectivity index (χ0n) is 13.2. The number of carbonyl (C=O) groups excluding carboxylic acids is 1. The van der Waals surface area contributed by atoms with E-state index in [2.05, 4.69) is 15.0 Å². The lowest BCUT2D eigenvalue weighted by molar-refractivity contribution is -0.384. The summed E-state index contributed by atoms with van der Waals surface area (Å²) in [6, 6.07) is 13.1. The number of hydrogen-bond acceptors (Lipinski definition) is 7. The highest BCUT2D eigenvalue weighted by Crippen LogP contribution is 2.21. The lowest BCUT2D eigenvalue weighted by Crippen LogP contribution is -2.05. The first-order chi connectivity index (χ1) is 12.6. The lowest BCUT2D eigenvalue weighted by atomic mass is 10.2. The predicted molar refractivity (Wildman–Crippen MR) is 93.2 cm³/mol. The minimum Gasteiger partial charge on any atom is -0.402 e. The smallest absolute Gasteiger partial charge is 0.363 e. The summed E-state index contributed by atoms with van der Waals surface area (Å²) in [5.74, 6) is -0.639. The maximum Gasteiger partial charge on any atom is 0.363 e. The van der Waals surface area contributed by atoms with E-state index in [0.717, 1.165) is 5.52 Å². The fraction of sp³-hybridized carbons (Fsp3) is 0. The third-order valence-corrected chi connectivity index (χ3v) is 3.68. The van der Waals surface area contributed by atoms with E-state index in [4.69, 9.17) is 4.74 Å². The Morgan fingerprint density at radius 2 is 1.88 bits per heavy atom. The molecule has 0 aliphatic carbocycles. The molecule has 2 aromatic carbocycles. The first kappa shape index (κ1) is 15.6. The Morgan fingerprint density at radius 1 is 1.08 bits per heavy atom. The number of nitrogens with zero attached hydrogens (tertiary/aromatic N) is 4. The second-order valence-electron chi connectivity index (χ2n) is 5.43. The maximum absolute atomic E-state index is 12.1. The molecular formula is C18H10N4O4. The average Bonchev–Trinajstić information content (AvgIpc) is 3.02. The summed E-state index contributed by atoms with van der Waals surface area (Å²) in [7, 11) is 0. The molecule has 4 rings (SSSR count). The monoisotopic (exact) mass is 346 g/mol. The molecule has 8 heteroatoms. The Labute approximate surface area is 146 Å². The number of aromatic nitrogens is 2. The molecule has 3 aromatic rings. The number of fused-ring (bicyclic) bond motifs is 1. The number of nitro benzene ring substituents is 1. The SMILES string of the molecule is O=C1OC(c2cccc([N+](=O)[O-])c2)=N/C1=C\c1cnc2ccccc2n1. The van der Waals surface area contributed by atoms with Crippen molar-refractivity contribution in [1.82, 2.24) is 9.97 Å². The third-order valence-electron chi connectivity index (χ3n) is 3.68. The Kier molecular flexibility index (Phi) is 3.70. The van der Waals surface area contributed by atoms with Crippen LogP contribution in [0.5, 0.6) is 0 Å². The molecule has 0 unspecified atom stereocenters. The minimum atomic E-state index is -0.651. The largest absolute Gasteiger partial charge is 0.402 e. The van der Waals surface area contributed by atoms with Crippen LogP contribution in [-0.2, 0) is 9.53 Å². The number of aliphatic imine (C=N–C) groups is 1. The Bertz CT molecular complexity index is 1120. The summed E-state index contributed by atoms with van der Waals surface area (Å²) in [5, 5.41) is 10.9. The molecule has 0 atom stereocenters.